The maximum atomic E-state index is 5.18. The number of hydrogen-bond acceptors (Lipinski definition) is 2. The summed E-state index contributed by atoms with van der Waals surface area (Å²) in [5.41, 5.74) is 3.94. The minimum atomic E-state index is 0.575. The summed E-state index contributed by atoms with van der Waals surface area (Å²) in [5.74, 6) is 2.52. The molecular weight excluding hydrogens is 162 g/mol. The second-order valence-electron chi connectivity index (χ2n) is 2.62. The van der Waals surface area contributed by atoms with Gasteiger partial charge < -0.3 is 0 Å². The van der Waals surface area contributed by atoms with Crippen LogP contribution in [-0.4, -0.2) is 6.54 Å². The van der Waals surface area contributed by atoms with Crippen molar-refractivity contribution in [2.45, 2.75) is 13.0 Å². The van der Waals surface area contributed by atoms with Crippen LogP contribution in [-0.2, 0) is 11.4 Å². The summed E-state index contributed by atoms with van der Waals surface area (Å²) in [4.78, 5) is 5.18. The molecule has 0 aliphatic heterocycles. The molecule has 0 amide bonds. The highest BCUT2D eigenvalue weighted by Gasteiger charge is 1.89. The fraction of sp³-hybridized carbons (Fsp3) is 0.273. The third-order valence-electron chi connectivity index (χ3n) is 1.56. The molecule has 1 rings (SSSR count). The van der Waals surface area contributed by atoms with Gasteiger partial charge in [-0.25, -0.2) is 5.48 Å². The lowest BCUT2D eigenvalue weighted by Gasteiger charge is -2.03. The van der Waals surface area contributed by atoms with Gasteiger partial charge in [0.1, 0.15) is 0 Å². The van der Waals surface area contributed by atoms with E-state index in [0.717, 1.165) is 5.56 Å². The van der Waals surface area contributed by atoms with Crippen LogP contribution >= 0.6 is 0 Å². The van der Waals surface area contributed by atoms with Crippen LogP contribution in [0.5, 0.6) is 0 Å². The standard InChI is InChI=1S/C11H13NO/c1-2-3-9-12-13-10-11-7-5-4-6-8-11/h1,4-8,12H,3,9-10H2. The second-order valence-corrected chi connectivity index (χ2v) is 2.62. The van der Waals surface area contributed by atoms with Crippen molar-refractivity contribution in [2.24, 2.45) is 0 Å². The molecule has 0 aromatic heterocycles. The maximum absolute atomic E-state index is 5.18. The van der Waals surface area contributed by atoms with Gasteiger partial charge in [-0.1, -0.05) is 30.3 Å². The molecule has 1 aromatic carbocycles. The zero-order chi connectivity index (χ0) is 9.36. The van der Waals surface area contributed by atoms with Gasteiger partial charge in [0.2, 0.25) is 0 Å². The molecule has 13 heavy (non-hydrogen) atoms. The monoisotopic (exact) mass is 175 g/mol. The predicted molar refractivity (Wildman–Crippen MR) is 52.7 cm³/mol. The molecule has 0 fully saturated rings. The average molecular weight is 175 g/mol. The molecule has 0 heterocycles. The normalized spacial score (nSPS) is 9.46. The van der Waals surface area contributed by atoms with Crippen LogP contribution in [0.4, 0.5) is 0 Å². The molecule has 2 heteroatoms. The highest BCUT2D eigenvalue weighted by atomic mass is 16.6. The Balaban J connectivity index is 2.11. The smallest absolute Gasteiger partial charge is 0.0933 e. The van der Waals surface area contributed by atoms with Crippen molar-refractivity contribution in [3.05, 3.63) is 35.9 Å². The van der Waals surface area contributed by atoms with Crippen LogP contribution in [0.3, 0.4) is 0 Å². The van der Waals surface area contributed by atoms with Crippen LogP contribution in [0.2, 0.25) is 0 Å². The van der Waals surface area contributed by atoms with Crippen LogP contribution in [0.25, 0.3) is 0 Å². The number of benzene rings is 1. The molecule has 2 nitrogen and oxygen atoms in total. The lowest BCUT2D eigenvalue weighted by Crippen LogP contribution is -2.15. The molecule has 0 aliphatic carbocycles. The maximum Gasteiger partial charge on any atom is 0.0933 e. The lowest BCUT2D eigenvalue weighted by molar-refractivity contribution is 0.0295. The number of rotatable bonds is 5. The largest absolute Gasteiger partial charge is 0.297 e. The highest BCUT2D eigenvalue weighted by Crippen LogP contribution is 1.98. The SMILES string of the molecule is C#CCCNOCc1ccccc1. The number of nitrogens with one attached hydrogen (secondary N) is 1. The van der Waals surface area contributed by atoms with Crippen LogP contribution in [0.1, 0.15) is 12.0 Å². The molecule has 1 aromatic rings. The summed E-state index contributed by atoms with van der Waals surface area (Å²) in [6.45, 7) is 1.27. The van der Waals surface area contributed by atoms with Gasteiger partial charge in [0.15, 0.2) is 0 Å². The first-order valence-corrected chi connectivity index (χ1v) is 4.25. The molecule has 1 N–H and O–H groups in total. The predicted octanol–water partition coefficient (Wildman–Crippen LogP) is 1.73. The quantitative estimate of drug-likeness (QED) is 0.418. The molecule has 0 unspecified atom stereocenters. The van der Waals surface area contributed by atoms with E-state index in [0.29, 0.717) is 19.6 Å². The van der Waals surface area contributed by atoms with E-state index >= 15 is 0 Å². The molecule has 0 spiro atoms. The molecule has 0 radical (unpaired) electrons. The van der Waals surface area contributed by atoms with Gasteiger partial charge in [0.25, 0.3) is 0 Å². The molecule has 0 atom stereocenters. The Morgan fingerprint density at radius 2 is 2.08 bits per heavy atom. The Bertz CT molecular complexity index is 263. The summed E-state index contributed by atoms with van der Waals surface area (Å²) in [7, 11) is 0. The Kier molecular flexibility index (Phi) is 4.70. The second kappa shape index (κ2) is 6.24. The molecule has 0 aliphatic rings. The van der Waals surface area contributed by atoms with E-state index in [-0.39, 0.29) is 0 Å². The van der Waals surface area contributed by atoms with Crippen LogP contribution in [0.15, 0.2) is 30.3 Å². The first-order valence-electron chi connectivity index (χ1n) is 4.25. The van der Waals surface area contributed by atoms with Gasteiger partial charge in [-0.15, -0.1) is 12.3 Å². The van der Waals surface area contributed by atoms with E-state index in [2.05, 4.69) is 11.4 Å². The first-order chi connectivity index (χ1) is 6.43. The van der Waals surface area contributed by atoms with E-state index in [1.54, 1.807) is 0 Å². The van der Waals surface area contributed by atoms with Gasteiger partial charge >= 0.3 is 0 Å². The van der Waals surface area contributed by atoms with Gasteiger partial charge in [-0.05, 0) is 5.56 Å². The molecule has 0 bridgehead atoms. The highest BCUT2D eigenvalue weighted by molar-refractivity contribution is 5.13. The third-order valence-corrected chi connectivity index (χ3v) is 1.56. The van der Waals surface area contributed by atoms with Crippen molar-refractivity contribution in [3.8, 4) is 12.3 Å². The zero-order valence-electron chi connectivity index (χ0n) is 7.49. The van der Waals surface area contributed by atoms with Crippen molar-refractivity contribution in [3.63, 3.8) is 0 Å². The fourth-order valence-corrected chi connectivity index (χ4v) is 0.904. The van der Waals surface area contributed by atoms with Crippen molar-refractivity contribution in [1.29, 1.82) is 0 Å². The third kappa shape index (κ3) is 4.32. The molecular formula is C11H13NO. The summed E-state index contributed by atoms with van der Waals surface area (Å²) < 4.78 is 0. The number of hydroxylamine groups is 1. The van der Waals surface area contributed by atoms with E-state index in [1.165, 1.54) is 0 Å². The van der Waals surface area contributed by atoms with E-state index in [9.17, 15) is 0 Å². The van der Waals surface area contributed by atoms with Crippen molar-refractivity contribution >= 4 is 0 Å². The summed E-state index contributed by atoms with van der Waals surface area (Å²) in [6.07, 6.45) is 5.77. The summed E-state index contributed by atoms with van der Waals surface area (Å²) >= 11 is 0. The number of terminal acetylenes is 1. The van der Waals surface area contributed by atoms with E-state index < -0.39 is 0 Å². The Morgan fingerprint density at radius 1 is 1.31 bits per heavy atom. The van der Waals surface area contributed by atoms with Crippen molar-refractivity contribution < 1.29 is 4.84 Å². The Labute approximate surface area is 78.9 Å². The topological polar surface area (TPSA) is 21.3 Å². The zero-order valence-corrected chi connectivity index (χ0v) is 7.49. The van der Waals surface area contributed by atoms with Crippen LogP contribution in [0, 0.1) is 12.3 Å². The minimum absolute atomic E-state index is 0.575. The Morgan fingerprint density at radius 3 is 2.77 bits per heavy atom. The average Bonchev–Trinajstić information content (AvgIpc) is 2.19. The van der Waals surface area contributed by atoms with Gasteiger partial charge in [0.05, 0.1) is 6.61 Å². The summed E-state index contributed by atoms with van der Waals surface area (Å²) in [6, 6.07) is 9.99. The lowest BCUT2D eigenvalue weighted by atomic mass is 10.2. The molecule has 0 saturated heterocycles. The van der Waals surface area contributed by atoms with Crippen LogP contribution < -0.4 is 5.48 Å². The first kappa shape index (κ1) is 9.79. The van der Waals surface area contributed by atoms with Gasteiger partial charge in [-0.2, -0.15) is 0 Å². The number of hydrogen-bond donors (Lipinski definition) is 1. The minimum Gasteiger partial charge on any atom is -0.297 e. The van der Waals surface area contributed by atoms with E-state index in [4.69, 9.17) is 11.3 Å². The Hall–Kier alpha value is -1.30. The van der Waals surface area contributed by atoms with Gasteiger partial charge in [-0.3, -0.25) is 4.84 Å². The molecule has 0 saturated carbocycles. The van der Waals surface area contributed by atoms with Crippen molar-refractivity contribution in [1.82, 2.24) is 5.48 Å². The van der Waals surface area contributed by atoms with Crippen molar-refractivity contribution in [2.75, 3.05) is 6.54 Å². The fourth-order valence-electron chi connectivity index (χ4n) is 0.904. The van der Waals surface area contributed by atoms with Gasteiger partial charge in [0, 0.05) is 13.0 Å². The van der Waals surface area contributed by atoms with E-state index in [1.807, 2.05) is 30.3 Å². The molecule has 68 valence electrons. The summed E-state index contributed by atoms with van der Waals surface area (Å²) in [5, 5.41) is 0.